The first-order chi connectivity index (χ1) is 8.68. The molecule has 6 heteroatoms. The molecule has 94 valence electrons. The van der Waals surface area contributed by atoms with E-state index in [4.69, 9.17) is 5.73 Å². The summed E-state index contributed by atoms with van der Waals surface area (Å²) in [4.78, 5) is 19.0. The summed E-state index contributed by atoms with van der Waals surface area (Å²) in [7, 11) is 0. The number of carbonyl (C=O) groups excluding carboxylic acids is 1. The second-order valence-corrected chi connectivity index (χ2v) is 3.92. The van der Waals surface area contributed by atoms with Crippen molar-refractivity contribution in [3.8, 4) is 11.3 Å². The molecule has 0 spiro atoms. The van der Waals surface area contributed by atoms with Crippen molar-refractivity contribution in [2.24, 2.45) is 0 Å². The van der Waals surface area contributed by atoms with E-state index in [-0.39, 0.29) is 5.91 Å². The fourth-order valence-corrected chi connectivity index (χ4v) is 1.69. The minimum Gasteiger partial charge on any atom is -0.398 e. The van der Waals surface area contributed by atoms with Crippen LogP contribution >= 0.6 is 0 Å². The molecule has 18 heavy (non-hydrogen) atoms. The number of hydrogen-bond acceptors (Lipinski definition) is 4. The summed E-state index contributed by atoms with van der Waals surface area (Å²) in [5.74, 6) is -0.0439. The molecule has 2 aromatic heterocycles. The van der Waals surface area contributed by atoms with Crippen LogP contribution in [0.5, 0.6) is 0 Å². The van der Waals surface area contributed by atoms with E-state index < -0.39 is 0 Å². The minimum atomic E-state index is -0.0439. The van der Waals surface area contributed by atoms with Crippen LogP contribution in [0.25, 0.3) is 11.3 Å². The number of imidazole rings is 1. The van der Waals surface area contributed by atoms with E-state index in [0.717, 1.165) is 11.3 Å². The Morgan fingerprint density at radius 1 is 1.44 bits per heavy atom. The normalized spacial score (nSPS) is 10.3. The van der Waals surface area contributed by atoms with Crippen LogP contribution in [0.1, 0.15) is 6.92 Å². The van der Waals surface area contributed by atoms with Gasteiger partial charge in [-0.3, -0.25) is 9.78 Å². The standard InChI is InChI=1S/C12H15N5O/c1-9(18)16-4-5-17-8-15-7-12(17)10-6-14-3-2-11(10)13/h2-3,6-8H,4-5H2,1H3,(H2,13,14)(H,16,18). The molecule has 0 fully saturated rings. The fourth-order valence-electron chi connectivity index (χ4n) is 1.69. The van der Waals surface area contributed by atoms with Gasteiger partial charge in [0.05, 0.1) is 18.2 Å². The molecule has 0 saturated heterocycles. The first kappa shape index (κ1) is 12.1. The lowest BCUT2D eigenvalue weighted by molar-refractivity contribution is -0.118. The van der Waals surface area contributed by atoms with Crippen LogP contribution in [0.15, 0.2) is 31.0 Å². The summed E-state index contributed by atoms with van der Waals surface area (Å²) >= 11 is 0. The van der Waals surface area contributed by atoms with Crippen molar-refractivity contribution < 1.29 is 4.79 Å². The molecule has 2 aromatic rings. The van der Waals surface area contributed by atoms with Crippen molar-refractivity contribution in [1.29, 1.82) is 0 Å². The second kappa shape index (κ2) is 5.31. The maximum Gasteiger partial charge on any atom is 0.216 e. The molecule has 2 heterocycles. The van der Waals surface area contributed by atoms with E-state index in [2.05, 4.69) is 15.3 Å². The molecule has 0 unspecified atom stereocenters. The van der Waals surface area contributed by atoms with Gasteiger partial charge >= 0.3 is 0 Å². The van der Waals surface area contributed by atoms with Crippen molar-refractivity contribution in [3.05, 3.63) is 31.0 Å². The summed E-state index contributed by atoms with van der Waals surface area (Å²) in [6, 6.07) is 1.75. The summed E-state index contributed by atoms with van der Waals surface area (Å²) in [5.41, 5.74) is 8.30. The molecule has 1 amide bonds. The third-order valence-corrected chi connectivity index (χ3v) is 2.57. The Hall–Kier alpha value is -2.37. The summed E-state index contributed by atoms with van der Waals surface area (Å²) in [5, 5.41) is 2.74. The van der Waals surface area contributed by atoms with Gasteiger partial charge < -0.3 is 15.6 Å². The molecule has 2 rings (SSSR count). The molecule has 0 radical (unpaired) electrons. The van der Waals surface area contributed by atoms with Gasteiger partial charge in [0.1, 0.15) is 0 Å². The van der Waals surface area contributed by atoms with Crippen LogP contribution in [0.3, 0.4) is 0 Å². The average Bonchev–Trinajstić information content (AvgIpc) is 2.77. The number of nitrogen functional groups attached to an aromatic ring is 1. The number of hydrogen-bond donors (Lipinski definition) is 2. The Balaban J connectivity index is 2.18. The van der Waals surface area contributed by atoms with Crippen LogP contribution in [0.2, 0.25) is 0 Å². The number of anilines is 1. The van der Waals surface area contributed by atoms with Gasteiger partial charge in [-0.2, -0.15) is 0 Å². The Labute approximate surface area is 105 Å². The van der Waals surface area contributed by atoms with E-state index in [1.807, 2.05) is 4.57 Å². The van der Waals surface area contributed by atoms with Crippen LogP contribution < -0.4 is 11.1 Å². The first-order valence-corrected chi connectivity index (χ1v) is 5.63. The Morgan fingerprint density at radius 2 is 2.28 bits per heavy atom. The third-order valence-electron chi connectivity index (χ3n) is 2.57. The Bertz CT molecular complexity index is 549. The zero-order chi connectivity index (χ0) is 13.0. The van der Waals surface area contributed by atoms with Crippen molar-refractivity contribution >= 4 is 11.6 Å². The quantitative estimate of drug-likeness (QED) is 0.828. The topological polar surface area (TPSA) is 85.8 Å². The fraction of sp³-hybridized carbons (Fsp3) is 0.250. The molecule has 0 saturated carbocycles. The molecular formula is C12H15N5O. The molecule has 0 aliphatic carbocycles. The maximum absolute atomic E-state index is 10.8. The number of nitrogens with zero attached hydrogens (tertiary/aromatic N) is 3. The van der Waals surface area contributed by atoms with Crippen molar-refractivity contribution in [2.75, 3.05) is 12.3 Å². The molecule has 0 bridgehead atoms. The predicted octanol–water partition coefficient (Wildman–Crippen LogP) is 0.663. The third kappa shape index (κ3) is 2.65. The first-order valence-electron chi connectivity index (χ1n) is 5.63. The van der Waals surface area contributed by atoms with Crippen LogP contribution in [0.4, 0.5) is 5.69 Å². The largest absolute Gasteiger partial charge is 0.398 e. The second-order valence-electron chi connectivity index (χ2n) is 3.92. The molecule has 0 atom stereocenters. The van der Waals surface area contributed by atoms with Crippen LogP contribution in [0, 0.1) is 0 Å². The van der Waals surface area contributed by atoms with Gasteiger partial charge in [-0.05, 0) is 6.07 Å². The lowest BCUT2D eigenvalue weighted by Crippen LogP contribution is -2.24. The number of amides is 1. The lowest BCUT2D eigenvalue weighted by atomic mass is 10.2. The van der Waals surface area contributed by atoms with E-state index >= 15 is 0 Å². The van der Waals surface area contributed by atoms with Crippen molar-refractivity contribution in [2.45, 2.75) is 13.5 Å². The number of pyridine rings is 1. The molecule has 0 aliphatic heterocycles. The van der Waals surface area contributed by atoms with Crippen LogP contribution in [-0.2, 0) is 11.3 Å². The average molecular weight is 245 g/mol. The van der Waals surface area contributed by atoms with Gasteiger partial charge in [0.25, 0.3) is 0 Å². The van der Waals surface area contributed by atoms with E-state index in [0.29, 0.717) is 18.8 Å². The number of nitrogens with two attached hydrogens (primary N) is 1. The van der Waals surface area contributed by atoms with Crippen LogP contribution in [-0.4, -0.2) is 27.0 Å². The Morgan fingerprint density at radius 3 is 3.00 bits per heavy atom. The molecule has 6 nitrogen and oxygen atoms in total. The smallest absolute Gasteiger partial charge is 0.216 e. The predicted molar refractivity (Wildman–Crippen MR) is 68.6 cm³/mol. The van der Waals surface area contributed by atoms with Crippen molar-refractivity contribution in [1.82, 2.24) is 19.9 Å². The van der Waals surface area contributed by atoms with E-state index in [9.17, 15) is 4.79 Å². The molecular weight excluding hydrogens is 230 g/mol. The van der Waals surface area contributed by atoms with Gasteiger partial charge in [0, 0.05) is 43.7 Å². The zero-order valence-corrected chi connectivity index (χ0v) is 10.1. The molecule has 0 aliphatic rings. The SMILES string of the molecule is CC(=O)NCCn1cncc1-c1cnccc1N. The Kier molecular flexibility index (Phi) is 3.57. The zero-order valence-electron chi connectivity index (χ0n) is 10.1. The van der Waals surface area contributed by atoms with E-state index in [1.54, 1.807) is 31.0 Å². The van der Waals surface area contributed by atoms with Gasteiger partial charge in [-0.25, -0.2) is 4.98 Å². The van der Waals surface area contributed by atoms with Gasteiger partial charge in [0.2, 0.25) is 5.91 Å². The minimum absolute atomic E-state index is 0.0439. The number of rotatable bonds is 4. The summed E-state index contributed by atoms with van der Waals surface area (Å²) < 4.78 is 1.93. The summed E-state index contributed by atoms with van der Waals surface area (Å²) in [6.07, 6.45) is 6.81. The molecule has 3 N–H and O–H groups in total. The number of carbonyl (C=O) groups is 1. The highest BCUT2D eigenvalue weighted by Crippen LogP contribution is 2.23. The highest BCUT2D eigenvalue weighted by atomic mass is 16.1. The number of aromatic nitrogens is 3. The maximum atomic E-state index is 10.8. The number of nitrogens with one attached hydrogen (secondary N) is 1. The summed E-state index contributed by atoms with van der Waals surface area (Å²) in [6.45, 7) is 2.69. The highest BCUT2D eigenvalue weighted by Gasteiger charge is 2.08. The highest BCUT2D eigenvalue weighted by molar-refractivity contribution is 5.73. The van der Waals surface area contributed by atoms with E-state index in [1.165, 1.54) is 6.92 Å². The van der Waals surface area contributed by atoms with Gasteiger partial charge in [-0.1, -0.05) is 0 Å². The van der Waals surface area contributed by atoms with Gasteiger partial charge in [0.15, 0.2) is 0 Å². The molecule has 0 aromatic carbocycles. The van der Waals surface area contributed by atoms with Crippen molar-refractivity contribution in [3.63, 3.8) is 0 Å². The van der Waals surface area contributed by atoms with Gasteiger partial charge in [-0.15, -0.1) is 0 Å². The lowest BCUT2D eigenvalue weighted by Gasteiger charge is -2.09. The monoisotopic (exact) mass is 245 g/mol.